The van der Waals surface area contributed by atoms with E-state index in [4.69, 9.17) is 32.1 Å². The number of benzene rings is 2. The number of aryl methyl sites for hydroxylation is 1. The first-order chi connectivity index (χ1) is 16.0. The Balaban J connectivity index is 1.77. The molecule has 2 N–H and O–H groups in total. The SMILES string of the molecule is CCc1nccc(N(C(=O)Cc2ccc(Oc3ccc(C#N)cc3)cc2)C(=O)OCN)c1Cl. The van der Waals surface area contributed by atoms with Crippen LogP contribution in [-0.4, -0.2) is 23.7 Å². The smallest absolute Gasteiger partial charge is 0.422 e. The molecule has 168 valence electrons. The molecule has 0 spiro atoms. The van der Waals surface area contributed by atoms with E-state index >= 15 is 0 Å². The van der Waals surface area contributed by atoms with Crippen molar-refractivity contribution in [3.8, 4) is 17.6 Å². The quantitative estimate of drug-likeness (QED) is 0.508. The number of imide groups is 1. The van der Waals surface area contributed by atoms with Crippen molar-refractivity contribution in [2.45, 2.75) is 19.8 Å². The first-order valence-electron chi connectivity index (χ1n) is 10.1. The number of amides is 2. The van der Waals surface area contributed by atoms with Gasteiger partial charge in [-0.05, 0) is 54.4 Å². The summed E-state index contributed by atoms with van der Waals surface area (Å²) in [7, 11) is 0. The van der Waals surface area contributed by atoms with Crippen LogP contribution in [0.2, 0.25) is 5.02 Å². The number of ether oxygens (including phenoxy) is 2. The average molecular weight is 465 g/mol. The normalized spacial score (nSPS) is 10.2. The fourth-order valence-electron chi connectivity index (χ4n) is 3.03. The third-order valence-electron chi connectivity index (χ3n) is 4.65. The molecule has 9 heteroatoms. The van der Waals surface area contributed by atoms with Gasteiger partial charge in [-0.15, -0.1) is 0 Å². The lowest BCUT2D eigenvalue weighted by molar-refractivity contribution is -0.117. The monoisotopic (exact) mass is 464 g/mol. The van der Waals surface area contributed by atoms with Gasteiger partial charge in [0.25, 0.3) is 0 Å². The molecule has 3 rings (SSSR count). The van der Waals surface area contributed by atoms with Crippen molar-refractivity contribution in [2.75, 3.05) is 11.6 Å². The predicted octanol–water partition coefficient (Wildman–Crippen LogP) is 4.59. The van der Waals surface area contributed by atoms with Crippen LogP contribution in [0, 0.1) is 11.3 Å². The number of halogens is 1. The van der Waals surface area contributed by atoms with E-state index in [-0.39, 0.29) is 23.9 Å². The Morgan fingerprint density at radius 3 is 2.30 bits per heavy atom. The van der Waals surface area contributed by atoms with Gasteiger partial charge >= 0.3 is 6.09 Å². The van der Waals surface area contributed by atoms with Crippen molar-refractivity contribution < 1.29 is 19.1 Å². The van der Waals surface area contributed by atoms with Crippen molar-refractivity contribution in [3.63, 3.8) is 0 Å². The Kier molecular flexibility index (Phi) is 7.97. The zero-order valence-electron chi connectivity index (χ0n) is 17.8. The lowest BCUT2D eigenvalue weighted by Gasteiger charge is -2.22. The minimum atomic E-state index is -0.918. The highest BCUT2D eigenvalue weighted by Crippen LogP contribution is 2.30. The molecule has 0 aliphatic heterocycles. The molecule has 2 aromatic carbocycles. The molecular weight excluding hydrogens is 444 g/mol. The van der Waals surface area contributed by atoms with Crippen LogP contribution in [0.25, 0.3) is 0 Å². The molecule has 0 saturated heterocycles. The summed E-state index contributed by atoms with van der Waals surface area (Å²) in [5.74, 6) is 0.594. The third kappa shape index (κ3) is 5.86. The number of hydrogen-bond donors (Lipinski definition) is 1. The van der Waals surface area contributed by atoms with Gasteiger partial charge in [0.15, 0.2) is 0 Å². The average Bonchev–Trinajstić information content (AvgIpc) is 2.82. The topological polar surface area (TPSA) is 119 Å². The van der Waals surface area contributed by atoms with Crippen LogP contribution in [0.15, 0.2) is 60.8 Å². The summed E-state index contributed by atoms with van der Waals surface area (Å²) in [6.45, 7) is 1.48. The Bertz CT molecular complexity index is 1170. The molecule has 1 aromatic heterocycles. The Morgan fingerprint density at radius 2 is 1.73 bits per heavy atom. The van der Waals surface area contributed by atoms with E-state index in [9.17, 15) is 9.59 Å². The van der Waals surface area contributed by atoms with Crippen molar-refractivity contribution >= 4 is 29.3 Å². The number of carbonyl (C=O) groups is 2. The van der Waals surface area contributed by atoms with Gasteiger partial charge in [-0.25, -0.2) is 9.69 Å². The summed E-state index contributed by atoms with van der Waals surface area (Å²) in [5, 5.41) is 9.07. The van der Waals surface area contributed by atoms with Crippen LogP contribution >= 0.6 is 11.6 Å². The van der Waals surface area contributed by atoms with Gasteiger partial charge in [0.1, 0.15) is 18.2 Å². The summed E-state index contributed by atoms with van der Waals surface area (Å²) in [6.07, 6.45) is 1.00. The first kappa shape index (κ1) is 23.7. The summed E-state index contributed by atoms with van der Waals surface area (Å²) in [4.78, 5) is 30.6. The van der Waals surface area contributed by atoms with E-state index in [0.29, 0.717) is 34.7 Å². The van der Waals surface area contributed by atoms with Crippen LogP contribution in [-0.2, 0) is 22.4 Å². The second kappa shape index (κ2) is 11.1. The highest BCUT2D eigenvalue weighted by Gasteiger charge is 2.28. The number of nitrogens with two attached hydrogens (primary N) is 1. The maximum absolute atomic E-state index is 13.1. The minimum absolute atomic E-state index is 0.0864. The van der Waals surface area contributed by atoms with E-state index in [1.807, 2.05) is 13.0 Å². The van der Waals surface area contributed by atoms with Gasteiger partial charge in [-0.3, -0.25) is 15.5 Å². The van der Waals surface area contributed by atoms with Crippen molar-refractivity contribution in [3.05, 3.63) is 82.6 Å². The summed E-state index contributed by atoms with van der Waals surface area (Å²) in [6, 6.07) is 17.1. The van der Waals surface area contributed by atoms with Crippen molar-refractivity contribution in [2.24, 2.45) is 5.73 Å². The fourth-order valence-corrected chi connectivity index (χ4v) is 3.36. The summed E-state index contributed by atoms with van der Waals surface area (Å²) in [5.41, 5.74) is 7.26. The molecule has 0 unspecified atom stereocenters. The van der Waals surface area contributed by atoms with Gasteiger partial charge in [-0.2, -0.15) is 5.26 Å². The highest BCUT2D eigenvalue weighted by atomic mass is 35.5. The third-order valence-corrected chi connectivity index (χ3v) is 5.07. The van der Waals surface area contributed by atoms with E-state index in [1.54, 1.807) is 48.5 Å². The van der Waals surface area contributed by atoms with Crippen LogP contribution in [0.4, 0.5) is 10.5 Å². The number of hydrogen-bond acceptors (Lipinski definition) is 7. The molecule has 2 amide bonds. The number of aromatic nitrogens is 1. The molecular formula is C24H21ClN4O4. The van der Waals surface area contributed by atoms with Gasteiger partial charge in [-0.1, -0.05) is 30.7 Å². The number of rotatable bonds is 7. The molecule has 0 aliphatic rings. The lowest BCUT2D eigenvalue weighted by atomic mass is 10.1. The fraction of sp³-hybridized carbons (Fsp3) is 0.167. The Morgan fingerprint density at radius 1 is 1.09 bits per heavy atom. The molecule has 3 aromatic rings. The van der Waals surface area contributed by atoms with E-state index < -0.39 is 12.0 Å². The van der Waals surface area contributed by atoms with Gasteiger partial charge in [0.05, 0.1) is 34.5 Å². The Hall–Kier alpha value is -3.93. The van der Waals surface area contributed by atoms with Crippen LogP contribution < -0.4 is 15.4 Å². The minimum Gasteiger partial charge on any atom is -0.457 e. The predicted molar refractivity (Wildman–Crippen MR) is 123 cm³/mol. The molecule has 33 heavy (non-hydrogen) atoms. The van der Waals surface area contributed by atoms with Crippen LogP contribution in [0.1, 0.15) is 23.7 Å². The van der Waals surface area contributed by atoms with Gasteiger partial charge in [0.2, 0.25) is 5.91 Å². The Labute approximate surface area is 196 Å². The number of nitrogens with zero attached hydrogens (tertiary/aromatic N) is 3. The molecule has 0 fully saturated rings. The van der Waals surface area contributed by atoms with Gasteiger partial charge in [0, 0.05) is 6.20 Å². The highest BCUT2D eigenvalue weighted by molar-refractivity contribution is 6.35. The van der Waals surface area contributed by atoms with Gasteiger partial charge < -0.3 is 9.47 Å². The molecule has 0 atom stereocenters. The number of nitriles is 1. The molecule has 0 radical (unpaired) electrons. The molecule has 0 aliphatic carbocycles. The zero-order chi connectivity index (χ0) is 23.8. The zero-order valence-corrected chi connectivity index (χ0v) is 18.6. The molecule has 0 saturated carbocycles. The maximum atomic E-state index is 13.1. The number of carbonyl (C=O) groups excluding carboxylic acids is 2. The van der Waals surface area contributed by atoms with E-state index in [2.05, 4.69) is 4.98 Å². The molecule has 0 bridgehead atoms. The van der Waals surface area contributed by atoms with Crippen molar-refractivity contribution in [1.29, 1.82) is 5.26 Å². The largest absolute Gasteiger partial charge is 0.457 e. The first-order valence-corrected chi connectivity index (χ1v) is 10.4. The lowest BCUT2D eigenvalue weighted by Crippen LogP contribution is -2.39. The van der Waals surface area contributed by atoms with Crippen molar-refractivity contribution in [1.82, 2.24) is 4.98 Å². The second-order valence-electron chi connectivity index (χ2n) is 6.81. The molecule has 1 heterocycles. The second-order valence-corrected chi connectivity index (χ2v) is 7.19. The van der Waals surface area contributed by atoms with E-state index in [0.717, 1.165) is 4.90 Å². The van der Waals surface area contributed by atoms with Crippen LogP contribution in [0.5, 0.6) is 11.5 Å². The standard InChI is InChI=1S/C24H21ClN4O4/c1-2-20-23(25)21(11-12-28-20)29(24(31)32-15-27)22(30)13-16-3-7-18(8-4-16)33-19-9-5-17(14-26)6-10-19/h3-12H,2,13,15,27H2,1H3. The maximum Gasteiger partial charge on any atom is 0.422 e. The van der Waals surface area contributed by atoms with Crippen LogP contribution in [0.3, 0.4) is 0 Å². The summed E-state index contributed by atoms with van der Waals surface area (Å²) >= 11 is 6.38. The number of anilines is 1. The van der Waals surface area contributed by atoms with E-state index in [1.165, 1.54) is 12.3 Å². The summed E-state index contributed by atoms with van der Waals surface area (Å²) < 4.78 is 10.6. The number of pyridine rings is 1. The molecule has 8 nitrogen and oxygen atoms in total.